The minimum atomic E-state index is 0.896. The van der Waals surface area contributed by atoms with Gasteiger partial charge in [0.05, 0.1) is 38.5 Å². The third kappa shape index (κ3) is 3.03. The second-order valence-corrected chi connectivity index (χ2v) is 12.2. The largest absolute Gasteiger partial charge is 0.308 e. The molecule has 0 bridgehead atoms. The monoisotopic (exact) mass is 584 g/mol. The lowest BCUT2D eigenvalue weighted by molar-refractivity contribution is 1.19. The highest BCUT2D eigenvalue weighted by Crippen LogP contribution is 2.47. The van der Waals surface area contributed by atoms with Crippen molar-refractivity contribution in [3.05, 3.63) is 146 Å². The smallest absolute Gasteiger partial charge is 0.165 e. The third-order valence-corrected chi connectivity index (χ3v) is 9.81. The maximum Gasteiger partial charge on any atom is 0.165 e. The lowest BCUT2D eigenvalue weighted by atomic mass is 10.0. The quantitative estimate of drug-likeness (QED) is 0.203. The molecule has 7 aromatic carbocycles. The van der Waals surface area contributed by atoms with E-state index in [0.29, 0.717) is 0 Å². The molecule has 212 valence electrons. The van der Waals surface area contributed by atoms with E-state index in [1.54, 1.807) is 0 Å². The highest BCUT2D eigenvalue weighted by Gasteiger charge is 2.26. The van der Waals surface area contributed by atoms with Crippen LogP contribution in [0.25, 0.3) is 98.8 Å². The fourth-order valence-electron chi connectivity index (χ4n) is 7.85. The van der Waals surface area contributed by atoms with Crippen LogP contribution >= 0.6 is 0 Å². The summed E-state index contributed by atoms with van der Waals surface area (Å²) in [5, 5.41) is 8.59. The zero-order chi connectivity index (χ0) is 29.9. The Morgan fingerprint density at radius 3 is 1.98 bits per heavy atom. The van der Waals surface area contributed by atoms with Crippen LogP contribution in [0.2, 0.25) is 0 Å². The number of benzene rings is 7. The van der Waals surface area contributed by atoms with E-state index < -0.39 is 0 Å². The predicted octanol–water partition coefficient (Wildman–Crippen LogP) is 10.7. The fraction of sp³-hybridized carbons (Fsp3) is 0. The maximum absolute atomic E-state index is 5.35. The van der Waals surface area contributed by atoms with E-state index in [2.05, 4.69) is 142 Å². The summed E-state index contributed by atoms with van der Waals surface area (Å²) in [6.07, 6.45) is 0. The molecule has 4 aromatic heterocycles. The molecule has 4 nitrogen and oxygen atoms in total. The summed E-state index contributed by atoms with van der Waals surface area (Å²) in [6.45, 7) is 0. The summed E-state index contributed by atoms with van der Waals surface area (Å²) < 4.78 is 4.79. The van der Waals surface area contributed by atoms with Gasteiger partial charge < -0.3 is 4.57 Å². The molecule has 0 amide bonds. The van der Waals surface area contributed by atoms with Crippen LogP contribution in [0.4, 0.5) is 0 Å². The van der Waals surface area contributed by atoms with Gasteiger partial charge in [-0.15, -0.1) is 0 Å². The molecule has 0 aliphatic rings. The number of fused-ring (bicyclic) bond motifs is 13. The van der Waals surface area contributed by atoms with Gasteiger partial charge in [-0.2, -0.15) is 0 Å². The number of para-hydroxylation sites is 3. The highest BCUT2D eigenvalue weighted by molar-refractivity contribution is 6.36. The Labute approximate surface area is 262 Å². The average molecular weight is 585 g/mol. The Hall–Kier alpha value is -6.26. The molecule has 0 aliphatic heterocycles. The minimum absolute atomic E-state index is 0.896. The molecule has 0 fully saturated rings. The minimum Gasteiger partial charge on any atom is -0.308 e. The van der Waals surface area contributed by atoms with Gasteiger partial charge in [-0.1, -0.05) is 103 Å². The van der Waals surface area contributed by atoms with Crippen molar-refractivity contribution in [2.45, 2.75) is 0 Å². The number of aromatic nitrogens is 4. The Morgan fingerprint density at radius 1 is 0.435 bits per heavy atom. The van der Waals surface area contributed by atoms with Crippen LogP contribution in [0.5, 0.6) is 0 Å². The molecule has 0 aliphatic carbocycles. The molecule has 0 saturated carbocycles. The van der Waals surface area contributed by atoms with Crippen LogP contribution in [0.3, 0.4) is 0 Å². The second kappa shape index (κ2) is 8.68. The van der Waals surface area contributed by atoms with Crippen LogP contribution in [0, 0.1) is 0 Å². The Bertz CT molecular complexity index is 3000. The fourth-order valence-corrected chi connectivity index (χ4v) is 7.85. The zero-order valence-electron chi connectivity index (χ0n) is 24.6. The normalized spacial score (nSPS) is 12.3. The molecule has 46 heavy (non-hydrogen) atoms. The van der Waals surface area contributed by atoms with Crippen molar-refractivity contribution in [3.63, 3.8) is 0 Å². The first kappa shape index (κ1) is 24.1. The number of hydrogen-bond acceptors (Lipinski definition) is 2. The van der Waals surface area contributed by atoms with Crippen molar-refractivity contribution < 1.29 is 0 Å². The van der Waals surface area contributed by atoms with Crippen LogP contribution in [0.15, 0.2) is 146 Å². The Morgan fingerprint density at radius 2 is 1.13 bits per heavy atom. The third-order valence-electron chi connectivity index (χ3n) is 9.81. The molecule has 0 atom stereocenters. The topological polar surface area (TPSA) is 35.1 Å². The number of rotatable bonds is 2. The van der Waals surface area contributed by atoms with Crippen molar-refractivity contribution in [3.8, 4) is 16.8 Å². The van der Waals surface area contributed by atoms with E-state index in [9.17, 15) is 0 Å². The first-order valence-electron chi connectivity index (χ1n) is 15.7. The molecule has 11 aromatic rings. The van der Waals surface area contributed by atoms with Gasteiger partial charge >= 0.3 is 0 Å². The molecule has 4 heteroatoms. The second-order valence-electron chi connectivity index (χ2n) is 12.2. The van der Waals surface area contributed by atoms with Crippen molar-refractivity contribution in [1.29, 1.82) is 0 Å². The van der Waals surface area contributed by atoms with Crippen LogP contribution < -0.4 is 0 Å². The summed E-state index contributed by atoms with van der Waals surface area (Å²) in [5.74, 6) is 0. The lowest BCUT2D eigenvalue weighted by Gasteiger charge is -2.10. The van der Waals surface area contributed by atoms with Gasteiger partial charge in [0.2, 0.25) is 0 Å². The molecule has 11 rings (SSSR count). The first-order chi connectivity index (χ1) is 22.8. The summed E-state index contributed by atoms with van der Waals surface area (Å²) in [6, 6.07) is 52.1. The number of hydrogen-bond donors (Lipinski definition) is 0. The molecule has 0 spiro atoms. The van der Waals surface area contributed by atoms with E-state index in [-0.39, 0.29) is 0 Å². The predicted molar refractivity (Wildman–Crippen MR) is 191 cm³/mol. The maximum atomic E-state index is 5.35. The molecule has 0 saturated heterocycles. The van der Waals surface area contributed by atoms with Crippen molar-refractivity contribution >= 4 is 82.0 Å². The van der Waals surface area contributed by atoms with Gasteiger partial charge in [0, 0.05) is 27.2 Å². The Balaban J connectivity index is 1.38. The van der Waals surface area contributed by atoms with E-state index in [1.165, 1.54) is 54.5 Å². The van der Waals surface area contributed by atoms with Crippen LogP contribution in [0.1, 0.15) is 0 Å². The van der Waals surface area contributed by atoms with E-state index in [1.807, 2.05) is 12.1 Å². The van der Waals surface area contributed by atoms with E-state index in [0.717, 1.165) is 44.3 Å². The van der Waals surface area contributed by atoms with Gasteiger partial charge in [0.15, 0.2) is 5.65 Å². The summed E-state index contributed by atoms with van der Waals surface area (Å²) >= 11 is 0. The van der Waals surface area contributed by atoms with Gasteiger partial charge in [-0.3, -0.25) is 4.40 Å². The number of nitrogens with zero attached hydrogens (tertiary/aromatic N) is 4. The Kier molecular flexibility index (Phi) is 4.55. The van der Waals surface area contributed by atoms with Gasteiger partial charge in [-0.05, 0) is 64.4 Å². The standard InChI is InChI=1S/C42H24N4/c1-2-10-25(11-3-1)26-18-21-28(22-19-26)45-35-17-9-6-14-30(35)31-24-32-37-29-13-5-4-12-27(29)20-23-36(37)46-41(32)38(40(31)45)39-42(46)44-34-16-8-7-15-33(34)43-39/h1-24H. The zero-order valence-corrected chi connectivity index (χ0v) is 24.6. The van der Waals surface area contributed by atoms with Crippen LogP contribution in [-0.4, -0.2) is 18.9 Å². The van der Waals surface area contributed by atoms with Gasteiger partial charge in [-0.25, -0.2) is 9.97 Å². The highest BCUT2D eigenvalue weighted by atomic mass is 15.0. The van der Waals surface area contributed by atoms with Crippen molar-refractivity contribution in [1.82, 2.24) is 18.9 Å². The van der Waals surface area contributed by atoms with Gasteiger partial charge in [0.1, 0.15) is 5.52 Å². The van der Waals surface area contributed by atoms with E-state index >= 15 is 0 Å². The van der Waals surface area contributed by atoms with Crippen molar-refractivity contribution in [2.24, 2.45) is 0 Å². The lowest BCUT2D eigenvalue weighted by Crippen LogP contribution is -1.94. The molecule has 4 heterocycles. The molecular weight excluding hydrogens is 560 g/mol. The van der Waals surface area contributed by atoms with Crippen LogP contribution in [-0.2, 0) is 0 Å². The SMILES string of the molecule is c1ccc(-c2ccc(-n3c4ccccc4c4cc5c6c7ccccc7ccc6n6c7nc8ccccc8nc7c(c43)c56)cc2)cc1. The summed E-state index contributed by atoms with van der Waals surface area (Å²) in [4.78, 5) is 10.6. The summed E-state index contributed by atoms with van der Waals surface area (Å²) in [7, 11) is 0. The molecule has 0 radical (unpaired) electrons. The molecular formula is C42H24N4. The first-order valence-corrected chi connectivity index (χ1v) is 15.7. The van der Waals surface area contributed by atoms with Crippen molar-refractivity contribution in [2.75, 3.05) is 0 Å². The molecule has 0 unspecified atom stereocenters. The average Bonchev–Trinajstić information content (AvgIpc) is 3.75. The summed E-state index contributed by atoms with van der Waals surface area (Å²) in [5.41, 5.74) is 11.8. The molecule has 0 N–H and O–H groups in total. The van der Waals surface area contributed by atoms with Gasteiger partial charge in [0.25, 0.3) is 0 Å². The van der Waals surface area contributed by atoms with E-state index in [4.69, 9.17) is 9.97 Å².